The first-order chi connectivity index (χ1) is 12.0. The number of nitriles is 3. The SMILES string of the molecule is CN1CC=C2C(C#N)=C(N)C(C#N)(C#N)[C@H](c3ccc(Cl)cc3)[C@H]2C1. The van der Waals surface area contributed by atoms with Crippen LogP contribution in [0.15, 0.2) is 47.2 Å². The molecule has 25 heavy (non-hydrogen) atoms. The third kappa shape index (κ3) is 2.48. The van der Waals surface area contributed by atoms with Crippen LogP contribution in [0.3, 0.4) is 0 Å². The molecule has 1 heterocycles. The van der Waals surface area contributed by atoms with Gasteiger partial charge < -0.3 is 10.6 Å². The van der Waals surface area contributed by atoms with E-state index in [4.69, 9.17) is 17.3 Å². The summed E-state index contributed by atoms with van der Waals surface area (Å²) >= 11 is 6.00. The Bertz CT molecular complexity index is 878. The molecule has 1 aromatic carbocycles. The molecule has 0 fully saturated rings. The number of hydrogen-bond donors (Lipinski definition) is 1. The molecule has 1 aliphatic carbocycles. The van der Waals surface area contributed by atoms with Crippen LogP contribution >= 0.6 is 11.6 Å². The molecular formula is C19H16ClN5. The molecule has 0 unspecified atom stereocenters. The Hall–Kier alpha value is -2.78. The Balaban J connectivity index is 2.32. The molecule has 0 spiro atoms. The Morgan fingerprint density at radius 3 is 2.40 bits per heavy atom. The van der Waals surface area contributed by atoms with Gasteiger partial charge in [0.25, 0.3) is 0 Å². The Morgan fingerprint density at radius 1 is 1.20 bits per heavy atom. The fourth-order valence-electron chi connectivity index (χ4n) is 3.87. The highest BCUT2D eigenvalue weighted by molar-refractivity contribution is 6.30. The van der Waals surface area contributed by atoms with Crippen LogP contribution in [-0.4, -0.2) is 25.0 Å². The van der Waals surface area contributed by atoms with E-state index in [2.05, 4.69) is 23.1 Å². The van der Waals surface area contributed by atoms with Gasteiger partial charge in [-0.2, -0.15) is 15.8 Å². The largest absolute Gasteiger partial charge is 0.399 e. The van der Waals surface area contributed by atoms with E-state index in [-0.39, 0.29) is 17.2 Å². The number of fused-ring (bicyclic) bond motifs is 1. The fourth-order valence-corrected chi connectivity index (χ4v) is 4.00. The molecule has 0 saturated carbocycles. The molecule has 0 radical (unpaired) electrons. The second kappa shape index (κ2) is 6.26. The highest BCUT2D eigenvalue weighted by atomic mass is 35.5. The predicted molar refractivity (Wildman–Crippen MR) is 93.7 cm³/mol. The minimum Gasteiger partial charge on any atom is -0.399 e. The Kier molecular flexibility index (Phi) is 4.27. The maximum absolute atomic E-state index is 9.91. The molecule has 3 rings (SSSR count). The molecule has 2 N–H and O–H groups in total. The van der Waals surface area contributed by atoms with Crippen molar-refractivity contribution in [1.82, 2.24) is 4.90 Å². The standard InChI is InChI=1S/C19H16ClN5/c1-25-7-6-14-15(8-21)18(24)19(10-22,11-23)17(16(14)9-25)12-2-4-13(20)5-3-12/h2-6,16-17H,7,9,24H2,1H3/t16-,17+/m0/s1. The Labute approximate surface area is 151 Å². The monoisotopic (exact) mass is 349 g/mol. The van der Waals surface area contributed by atoms with Gasteiger partial charge in [0, 0.05) is 29.9 Å². The lowest BCUT2D eigenvalue weighted by molar-refractivity contribution is 0.237. The maximum Gasteiger partial charge on any atom is 0.191 e. The third-order valence-electron chi connectivity index (χ3n) is 5.08. The van der Waals surface area contributed by atoms with Crippen LogP contribution in [0.5, 0.6) is 0 Å². The van der Waals surface area contributed by atoms with Crippen molar-refractivity contribution in [2.75, 3.05) is 20.1 Å². The van der Waals surface area contributed by atoms with Crippen LogP contribution in [0.4, 0.5) is 0 Å². The number of hydrogen-bond acceptors (Lipinski definition) is 5. The lowest BCUT2D eigenvalue weighted by Crippen LogP contribution is -2.47. The zero-order valence-electron chi connectivity index (χ0n) is 13.7. The highest BCUT2D eigenvalue weighted by Gasteiger charge is 2.54. The number of halogens is 1. The molecule has 1 aromatic rings. The van der Waals surface area contributed by atoms with Gasteiger partial charge in [-0.25, -0.2) is 0 Å². The molecule has 1 aliphatic heterocycles. The van der Waals surface area contributed by atoms with E-state index < -0.39 is 11.3 Å². The first-order valence-electron chi connectivity index (χ1n) is 7.85. The number of nitrogens with two attached hydrogens (primary N) is 1. The average molecular weight is 350 g/mol. The van der Waals surface area contributed by atoms with Gasteiger partial charge in [0.05, 0.1) is 23.4 Å². The van der Waals surface area contributed by atoms with Crippen molar-refractivity contribution < 1.29 is 0 Å². The summed E-state index contributed by atoms with van der Waals surface area (Å²) in [6, 6.07) is 13.5. The van der Waals surface area contributed by atoms with E-state index in [1.807, 2.05) is 25.3 Å². The quantitative estimate of drug-likeness (QED) is 0.840. The molecule has 0 bridgehead atoms. The van der Waals surface area contributed by atoms with Crippen molar-refractivity contribution >= 4 is 11.6 Å². The van der Waals surface area contributed by atoms with E-state index in [1.54, 1.807) is 12.1 Å². The van der Waals surface area contributed by atoms with E-state index in [1.165, 1.54) is 0 Å². The lowest BCUT2D eigenvalue weighted by Gasteiger charge is -2.45. The molecule has 124 valence electrons. The molecule has 0 aromatic heterocycles. The molecule has 6 heteroatoms. The first-order valence-corrected chi connectivity index (χ1v) is 8.23. The van der Waals surface area contributed by atoms with Crippen molar-refractivity contribution in [2.24, 2.45) is 17.1 Å². The second-order valence-electron chi connectivity index (χ2n) is 6.45. The van der Waals surface area contributed by atoms with Gasteiger partial charge in [-0.15, -0.1) is 0 Å². The number of nitrogens with zero attached hydrogens (tertiary/aromatic N) is 4. The Morgan fingerprint density at radius 2 is 1.84 bits per heavy atom. The summed E-state index contributed by atoms with van der Waals surface area (Å²) in [6.07, 6.45) is 1.97. The van der Waals surface area contributed by atoms with Gasteiger partial charge >= 0.3 is 0 Å². The number of allylic oxidation sites excluding steroid dienone is 2. The van der Waals surface area contributed by atoms with Gasteiger partial charge in [0.2, 0.25) is 0 Å². The predicted octanol–water partition coefficient (Wildman–Crippen LogP) is 2.70. The van der Waals surface area contributed by atoms with Gasteiger partial charge in [0.15, 0.2) is 5.41 Å². The second-order valence-corrected chi connectivity index (χ2v) is 6.88. The summed E-state index contributed by atoms with van der Waals surface area (Å²) in [5.41, 5.74) is 6.61. The van der Waals surface area contributed by atoms with Crippen molar-refractivity contribution in [1.29, 1.82) is 15.8 Å². The van der Waals surface area contributed by atoms with Crippen molar-refractivity contribution in [2.45, 2.75) is 5.92 Å². The minimum absolute atomic E-state index is 0.0482. The summed E-state index contributed by atoms with van der Waals surface area (Å²) in [7, 11) is 1.97. The van der Waals surface area contributed by atoms with Crippen LogP contribution in [0.1, 0.15) is 11.5 Å². The van der Waals surface area contributed by atoms with Gasteiger partial charge in [0.1, 0.15) is 6.07 Å². The summed E-state index contributed by atoms with van der Waals surface area (Å²) < 4.78 is 0. The zero-order valence-corrected chi connectivity index (χ0v) is 14.5. The van der Waals surface area contributed by atoms with Crippen LogP contribution in [0.25, 0.3) is 0 Å². The van der Waals surface area contributed by atoms with Crippen LogP contribution in [0, 0.1) is 45.3 Å². The summed E-state index contributed by atoms with van der Waals surface area (Å²) in [6.45, 7) is 1.34. The number of likely N-dealkylation sites (N-methyl/N-ethyl adjacent to an activating group) is 1. The minimum atomic E-state index is -1.58. The molecule has 0 saturated heterocycles. The van der Waals surface area contributed by atoms with E-state index >= 15 is 0 Å². The lowest BCUT2D eigenvalue weighted by atomic mass is 9.58. The average Bonchev–Trinajstić information content (AvgIpc) is 2.62. The van der Waals surface area contributed by atoms with Gasteiger partial charge in [-0.1, -0.05) is 29.8 Å². The molecule has 2 atom stereocenters. The van der Waals surface area contributed by atoms with Crippen LogP contribution < -0.4 is 5.73 Å². The first kappa shape index (κ1) is 17.1. The molecule has 2 aliphatic rings. The summed E-state index contributed by atoms with van der Waals surface area (Å²) in [4.78, 5) is 2.10. The molecule has 5 nitrogen and oxygen atoms in total. The summed E-state index contributed by atoms with van der Waals surface area (Å²) in [5, 5.41) is 30.0. The van der Waals surface area contributed by atoms with E-state index in [9.17, 15) is 15.8 Å². The topological polar surface area (TPSA) is 101 Å². The van der Waals surface area contributed by atoms with Crippen molar-refractivity contribution in [3.05, 3.63) is 57.8 Å². The molecular weight excluding hydrogens is 334 g/mol. The van der Waals surface area contributed by atoms with Crippen molar-refractivity contribution in [3.63, 3.8) is 0 Å². The van der Waals surface area contributed by atoms with E-state index in [0.29, 0.717) is 18.1 Å². The zero-order chi connectivity index (χ0) is 18.2. The number of rotatable bonds is 1. The van der Waals surface area contributed by atoms with Crippen LogP contribution in [-0.2, 0) is 0 Å². The highest BCUT2D eigenvalue weighted by Crippen LogP contribution is 2.54. The van der Waals surface area contributed by atoms with Crippen molar-refractivity contribution in [3.8, 4) is 18.2 Å². The summed E-state index contributed by atoms with van der Waals surface area (Å²) in [5.74, 6) is -0.632. The normalized spacial score (nSPS) is 25.2. The van der Waals surface area contributed by atoms with Gasteiger partial charge in [-0.3, -0.25) is 0 Å². The van der Waals surface area contributed by atoms with E-state index in [0.717, 1.165) is 11.1 Å². The van der Waals surface area contributed by atoms with Gasteiger partial charge in [-0.05, 0) is 30.3 Å². The third-order valence-corrected chi connectivity index (χ3v) is 5.33. The smallest absolute Gasteiger partial charge is 0.191 e. The number of benzene rings is 1. The fraction of sp³-hybridized carbons (Fsp3) is 0.316. The maximum atomic E-state index is 9.91. The van der Waals surface area contributed by atoms with Crippen LogP contribution in [0.2, 0.25) is 5.02 Å². The molecule has 0 amide bonds.